The van der Waals surface area contributed by atoms with Gasteiger partial charge in [-0.15, -0.1) is 6.58 Å². The van der Waals surface area contributed by atoms with Crippen molar-refractivity contribution in [1.82, 2.24) is 14.9 Å². The number of aliphatic hydroxyl groups is 1. The van der Waals surface area contributed by atoms with Crippen LogP contribution in [0.2, 0.25) is 0 Å². The van der Waals surface area contributed by atoms with Gasteiger partial charge in [-0.05, 0) is 32.1 Å². The first-order valence-corrected chi connectivity index (χ1v) is 8.75. The van der Waals surface area contributed by atoms with Crippen molar-refractivity contribution in [2.24, 2.45) is 5.41 Å². The van der Waals surface area contributed by atoms with Crippen LogP contribution in [0, 0.1) is 5.41 Å². The summed E-state index contributed by atoms with van der Waals surface area (Å²) in [6.07, 6.45) is 10.0. The number of hydrogen-bond donors (Lipinski definition) is 1. The normalized spacial score (nSPS) is 24.2. The van der Waals surface area contributed by atoms with Crippen LogP contribution in [0.4, 0.5) is 5.82 Å². The van der Waals surface area contributed by atoms with Crippen molar-refractivity contribution < 1.29 is 9.90 Å². The van der Waals surface area contributed by atoms with Gasteiger partial charge in [0.2, 0.25) is 0 Å². The number of nitrogens with zero attached hydrogens (tertiary/aromatic N) is 4. The molecule has 3 heterocycles. The van der Waals surface area contributed by atoms with Gasteiger partial charge in [-0.3, -0.25) is 9.78 Å². The molecule has 0 radical (unpaired) electrons. The van der Waals surface area contributed by atoms with Crippen molar-refractivity contribution in [1.29, 1.82) is 0 Å². The number of aromatic nitrogens is 2. The molecule has 0 saturated carbocycles. The fourth-order valence-electron chi connectivity index (χ4n) is 3.76. The summed E-state index contributed by atoms with van der Waals surface area (Å²) in [5.41, 5.74) is 0.245. The summed E-state index contributed by atoms with van der Waals surface area (Å²) in [7, 11) is 0. The number of likely N-dealkylation sites (tertiary alicyclic amines) is 1. The predicted molar refractivity (Wildman–Crippen MR) is 92.9 cm³/mol. The molecule has 1 atom stereocenters. The molecule has 2 saturated heterocycles. The highest BCUT2D eigenvalue weighted by molar-refractivity contribution is 5.92. The molecule has 3 rings (SSSR count). The lowest BCUT2D eigenvalue weighted by atomic mass is 9.78. The molecule has 2 aliphatic rings. The molecule has 1 aromatic rings. The second-order valence-corrected chi connectivity index (χ2v) is 6.94. The lowest BCUT2D eigenvalue weighted by molar-refractivity contribution is 0.0786. The van der Waals surface area contributed by atoms with Gasteiger partial charge in [-0.2, -0.15) is 0 Å². The first kappa shape index (κ1) is 16.9. The van der Waals surface area contributed by atoms with Gasteiger partial charge < -0.3 is 14.9 Å². The fourth-order valence-corrected chi connectivity index (χ4v) is 3.76. The van der Waals surface area contributed by atoms with E-state index in [9.17, 15) is 9.90 Å². The summed E-state index contributed by atoms with van der Waals surface area (Å²) in [5.74, 6) is 0.694. The summed E-state index contributed by atoms with van der Waals surface area (Å²) >= 11 is 0. The van der Waals surface area contributed by atoms with Crippen LogP contribution in [0.1, 0.15) is 42.6 Å². The van der Waals surface area contributed by atoms with Crippen molar-refractivity contribution >= 4 is 11.7 Å². The third kappa shape index (κ3) is 3.43. The van der Waals surface area contributed by atoms with Crippen LogP contribution in [-0.2, 0) is 0 Å². The quantitative estimate of drug-likeness (QED) is 0.835. The van der Waals surface area contributed by atoms with E-state index >= 15 is 0 Å². The second kappa shape index (κ2) is 7.30. The highest BCUT2D eigenvalue weighted by Gasteiger charge is 2.34. The molecule has 2 fully saturated rings. The third-order valence-corrected chi connectivity index (χ3v) is 5.13. The summed E-state index contributed by atoms with van der Waals surface area (Å²) in [6.45, 7) is 7.15. The van der Waals surface area contributed by atoms with E-state index < -0.39 is 0 Å². The summed E-state index contributed by atoms with van der Waals surface area (Å²) < 4.78 is 0. The lowest BCUT2D eigenvalue weighted by Crippen LogP contribution is -2.45. The number of carbonyl (C=O) groups is 1. The number of aliphatic hydroxyl groups excluding tert-OH is 1. The lowest BCUT2D eigenvalue weighted by Gasteiger charge is -2.41. The van der Waals surface area contributed by atoms with E-state index in [1.165, 1.54) is 0 Å². The topological polar surface area (TPSA) is 69.6 Å². The molecule has 2 aliphatic heterocycles. The zero-order valence-electron chi connectivity index (χ0n) is 14.2. The number of allylic oxidation sites excluding steroid dienone is 1. The Labute approximate surface area is 143 Å². The van der Waals surface area contributed by atoms with Gasteiger partial charge in [0.05, 0.1) is 19.0 Å². The maximum atomic E-state index is 12.5. The van der Waals surface area contributed by atoms with Crippen molar-refractivity contribution in [3.05, 3.63) is 30.7 Å². The van der Waals surface area contributed by atoms with Crippen LogP contribution >= 0.6 is 0 Å². The number of carbonyl (C=O) groups excluding carboxylic acids is 1. The predicted octanol–water partition coefficient (Wildman–Crippen LogP) is 1.87. The van der Waals surface area contributed by atoms with Gasteiger partial charge >= 0.3 is 0 Å². The van der Waals surface area contributed by atoms with E-state index in [2.05, 4.69) is 21.4 Å². The van der Waals surface area contributed by atoms with Crippen molar-refractivity contribution in [3.63, 3.8) is 0 Å². The minimum atomic E-state index is -0.170. The van der Waals surface area contributed by atoms with Crippen LogP contribution in [0.5, 0.6) is 0 Å². The molecular formula is C18H26N4O2. The van der Waals surface area contributed by atoms with Crippen LogP contribution in [0.25, 0.3) is 0 Å². The van der Waals surface area contributed by atoms with Gasteiger partial charge in [0.1, 0.15) is 11.5 Å². The molecular weight excluding hydrogens is 304 g/mol. The second-order valence-electron chi connectivity index (χ2n) is 6.94. The fraction of sp³-hybridized carbons (Fsp3) is 0.611. The number of hydrogen-bond acceptors (Lipinski definition) is 5. The van der Waals surface area contributed by atoms with Gasteiger partial charge in [-0.1, -0.05) is 6.08 Å². The molecule has 24 heavy (non-hydrogen) atoms. The molecule has 0 spiro atoms. The summed E-state index contributed by atoms with van der Waals surface area (Å²) in [5, 5.41) is 9.85. The molecule has 6 nitrogen and oxygen atoms in total. The number of rotatable bonds is 5. The van der Waals surface area contributed by atoms with Gasteiger partial charge in [0.15, 0.2) is 0 Å². The van der Waals surface area contributed by atoms with Crippen molar-refractivity contribution in [2.75, 3.05) is 37.7 Å². The molecule has 0 aliphatic carbocycles. The van der Waals surface area contributed by atoms with E-state index in [4.69, 9.17) is 0 Å². The Hall–Kier alpha value is -1.95. The molecule has 130 valence electrons. The standard InChI is InChI=1S/C18H26N4O2/c1-2-6-18(14-23)7-5-10-22(13-18)16-12-19-11-15(20-16)17(24)21-8-3-4-9-21/h2,11-12,23H,1,3-10,13-14H2/t18-/m1/s1. The minimum Gasteiger partial charge on any atom is -0.396 e. The summed E-state index contributed by atoms with van der Waals surface area (Å²) in [6, 6.07) is 0. The van der Waals surface area contributed by atoms with Gasteiger partial charge in [0.25, 0.3) is 5.91 Å². The minimum absolute atomic E-state index is 0.0293. The number of piperidine rings is 1. The van der Waals surface area contributed by atoms with E-state index in [0.29, 0.717) is 12.2 Å². The Morgan fingerprint density at radius 2 is 2.08 bits per heavy atom. The SMILES string of the molecule is C=CC[C@@]1(CO)CCCN(c2cncc(C(=O)N3CCCC3)n2)C1. The van der Waals surface area contributed by atoms with Crippen molar-refractivity contribution in [2.45, 2.75) is 32.1 Å². The molecule has 1 aromatic heterocycles. The molecule has 1 amide bonds. The van der Waals surface area contributed by atoms with Gasteiger partial charge in [0, 0.05) is 31.6 Å². The van der Waals surface area contributed by atoms with E-state index in [1.54, 1.807) is 12.4 Å². The average Bonchev–Trinajstić information content (AvgIpc) is 3.16. The van der Waals surface area contributed by atoms with Crippen LogP contribution < -0.4 is 4.90 Å². The smallest absolute Gasteiger partial charge is 0.274 e. The first-order chi connectivity index (χ1) is 11.7. The zero-order valence-corrected chi connectivity index (χ0v) is 14.2. The average molecular weight is 330 g/mol. The highest BCUT2D eigenvalue weighted by Crippen LogP contribution is 2.34. The molecule has 0 bridgehead atoms. The molecule has 1 N–H and O–H groups in total. The Morgan fingerprint density at radius 1 is 1.29 bits per heavy atom. The highest BCUT2D eigenvalue weighted by atomic mass is 16.3. The van der Waals surface area contributed by atoms with Crippen LogP contribution in [-0.4, -0.2) is 58.7 Å². The maximum Gasteiger partial charge on any atom is 0.274 e. The Morgan fingerprint density at radius 3 is 2.79 bits per heavy atom. The summed E-state index contributed by atoms with van der Waals surface area (Å²) in [4.78, 5) is 25.3. The van der Waals surface area contributed by atoms with Crippen LogP contribution in [0.3, 0.4) is 0 Å². The number of anilines is 1. The largest absolute Gasteiger partial charge is 0.396 e. The van der Waals surface area contributed by atoms with Crippen LogP contribution in [0.15, 0.2) is 25.0 Å². The molecule has 0 aromatic carbocycles. The monoisotopic (exact) mass is 330 g/mol. The van der Waals surface area contributed by atoms with Gasteiger partial charge in [-0.25, -0.2) is 4.98 Å². The zero-order chi connectivity index (χ0) is 17.0. The van der Waals surface area contributed by atoms with E-state index in [1.807, 2.05) is 11.0 Å². The Kier molecular flexibility index (Phi) is 5.14. The Balaban J connectivity index is 1.78. The maximum absolute atomic E-state index is 12.5. The number of amides is 1. The molecule has 0 unspecified atom stereocenters. The van der Waals surface area contributed by atoms with E-state index in [-0.39, 0.29) is 17.9 Å². The van der Waals surface area contributed by atoms with Crippen molar-refractivity contribution in [3.8, 4) is 0 Å². The Bertz CT molecular complexity index is 600. The first-order valence-electron chi connectivity index (χ1n) is 8.75. The molecule has 6 heteroatoms. The van der Waals surface area contributed by atoms with E-state index in [0.717, 1.165) is 57.6 Å². The third-order valence-electron chi connectivity index (χ3n) is 5.13.